The molecule has 0 unspecified atom stereocenters. The lowest BCUT2D eigenvalue weighted by molar-refractivity contribution is 0.0695. The summed E-state index contributed by atoms with van der Waals surface area (Å²) in [5.41, 5.74) is 0.848. The second-order valence-corrected chi connectivity index (χ2v) is 4.78. The minimum atomic E-state index is -1.09. The van der Waals surface area contributed by atoms with Crippen LogP contribution >= 0.6 is 11.3 Å². The zero-order chi connectivity index (χ0) is 13.4. The summed E-state index contributed by atoms with van der Waals surface area (Å²) in [4.78, 5) is 11.2. The number of fused-ring (bicyclic) bond motifs is 1. The lowest BCUT2D eigenvalue weighted by Crippen LogP contribution is -2.01. The molecule has 0 saturated carbocycles. The summed E-state index contributed by atoms with van der Waals surface area (Å²) in [6, 6.07) is 6.00. The number of carbonyl (C=O) groups is 1. The Morgan fingerprint density at radius 2 is 2.05 bits per heavy atom. The molecule has 0 radical (unpaired) electrons. The Hall–Kier alpha value is -2.35. The van der Waals surface area contributed by atoms with Gasteiger partial charge in [0.1, 0.15) is 5.82 Å². The average Bonchev–Trinajstić information content (AvgIpc) is 2.94. The average molecular weight is 278 g/mol. The maximum atomic E-state index is 12.8. The van der Waals surface area contributed by atoms with Gasteiger partial charge < -0.3 is 5.11 Å². The van der Waals surface area contributed by atoms with E-state index in [9.17, 15) is 9.18 Å². The smallest absolute Gasteiger partial charge is 0.367 e. The molecule has 0 aliphatic carbocycles. The fourth-order valence-corrected chi connectivity index (χ4v) is 2.34. The first-order valence-electron chi connectivity index (χ1n) is 5.32. The van der Waals surface area contributed by atoms with Gasteiger partial charge in [-0.15, -0.1) is 15.3 Å². The number of carboxylic acid groups (broad SMARTS) is 1. The fourth-order valence-electron chi connectivity index (χ4n) is 1.64. The molecule has 2 aromatic heterocycles. The summed E-state index contributed by atoms with van der Waals surface area (Å²) >= 11 is 0.958. The first kappa shape index (κ1) is 11.7. The molecule has 1 aromatic carbocycles. The fraction of sp³-hybridized carbons (Fsp3) is 0.0909. The van der Waals surface area contributed by atoms with Gasteiger partial charge in [-0.1, -0.05) is 23.5 Å². The van der Waals surface area contributed by atoms with Crippen molar-refractivity contribution in [1.82, 2.24) is 19.8 Å². The van der Waals surface area contributed by atoms with E-state index in [2.05, 4.69) is 15.3 Å². The second kappa shape index (κ2) is 4.39. The van der Waals surface area contributed by atoms with Crippen molar-refractivity contribution in [1.29, 1.82) is 0 Å². The standard InChI is InChI=1S/C11H7FN4O2S/c12-7-3-1-6(2-4-7)5-8-13-14-11-16(8)15-9(19-11)10(17)18/h1-4H,5H2,(H,17,18). The van der Waals surface area contributed by atoms with Gasteiger partial charge in [-0.05, 0) is 17.7 Å². The molecule has 8 heteroatoms. The van der Waals surface area contributed by atoms with Crippen LogP contribution in [0.3, 0.4) is 0 Å². The summed E-state index contributed by atoms with van der Waals surface area (Å²) < 4.78 is 14.2. The monoisotopic (exact) mass is 278 g/mol. The first-order chi connectivity index (χ1) is 9.13. The van der Waals surface area contributed by atoms with Crippen LogP contribution in [0, 0.1) is 5.82 Å². The minimum absolute atomic E-state index is 0.0368. The Morgan fingerprint density at radius 3 is 2.74 bits per heavy atom. The number of benzene rings is 1. The van der Waals surface area contributed by atoms with Gasteiger partial charge in [0.25, 0.3) is 0 Å². The molecule has 0 atom stereocenters. The van der Waals surface area contributed by atoms with E-state index in [-0.39, 0.29) is 10.8 Å². The van der Waals surface area contributed by atoms with Crippen molar-refractivity contribution in [3.05, 3.63) is 46.5 Å². The number of hydrogen-bond donors (Lipinski definition) is 1. The number of nitrogens with zero attached hydrogens (tertiary/aromatic N) is 4. The van der Waals surface area contributed by atoms with Gasteiger partial charge >= 0.3 is 5.97 Å². The summed E-state index contributed by atoms with van der Waals surface area (Å²) in [6.07, 6.45) is 0.407. The maximum Gasteiger partial charge on any atom is 0.367 e. The Morgan fingerprint density at radius 1 is 1.32 bits per heavy atom. The molecule has 3 rings (SSSR count). The number of aromatic nitrogens is 4. The van der Waals surface area contributed by atoms with Gasteiger partial charge in [-0.25, -0.2) is 9.18 Å². The van der Waals surface area contributed by atoms with E-state index in [0.717, 1.165) is 16.9 Å². The maximum absolute atomic E-state index is 12.8. The normalized spacial score (nSPS) is 11.0. The lowest BCUT2D eigenvalue weighted by atomic mass is 10.1. The number of carboxylic acids is 1. The Labute approximate surface area is 110 Å². The quantitative estimate of drug-likeness (QED) is 0.787. The van der Waals surface area contributed by atoms with Crippen molar-refractivity contribution in [2.24, 2.45) is 0 Å². The van der Waals surface area contributed by atoms with Crippen molar-refractivity contribution >= 4 is 22.3 Å². The minimum Gasteiger partial charge on any atom is -0.476 e. The predicted octanol–water partition coefficient (Wildman–Crippen LogP) is 1.61. The van der Waals surface area contributed by atoms with Crippen molar-refractivity contribution in [2.45, 2.75) is 6.42 Å². The van der Waals surface area contributed by atoms with E-state index < -0.39 is 5.97 Å². The molecular weight excluding hydrogens is 271 g/mol. The van der Waals surface area contributed by atoms with Crippen LogP contribution in [-0.4, -0.2) is 30.9 Å². The van der Waals surface area contributed by atoms with E-state index in [4.69, 9.17) is 5.11 Å². The van der Waals surface area contributed by atoms with E-state index in [1.54, 1.807) is 12.1 Å². The van der Waals surface area contributed by atoms with Gasteiger partial charge in [0.15, 0.2) is 5.82 Å². The third-order valence-electron chi connectivity index (χ3n) is 2.51. The third kappa shape index (κ3) is 2.17. The highest BCUT2D eigenvalue weighted by molar-refractivity contribution is 7.18. The molecule has 96 valence electrons. The van der Waals surface area contributed by atoms with Crippen LogP contribution < -0.4 is 0 Å². The van der Waals surface area contributed by atoms with Crippen molar-refractivity contribution in [2.75, 3.05) is 0 Å². The summed E-state index contributed by atoms with van der Waals surface area (Å²) in [6.45, 7) is 0. The van der Waals surface area contributed by atoms with Crippen LogP contribution in [0.2, 0.25) is 0 Å². The number of rotatable bonds is 3. The predicted molar refractivity (Wildman–Crippen MR) is 64.8 cm³/mol. The zero-order valence-corrected chi connectivity index (χ0v) is 10.3. The molecule has 0 saturated heterocycles. The number of hydrogen-bond acceptors (Lipinski definition) is 5. The highest BCUT2D eigenvalue weighted by Crippen LogP contribution is 2.16. The van der Waals surface area contributed by atoms with Gasteiger partial charge in [-0.3, -0.25) is 0 Å². The first-order valence-corrected chi connectivity index (χ1v) is 6.14. The lowest BCUT2D eigenvalue weighted by Gasteiger charge is -1.97. The van der Waals surface area contributed by atoms with Crippen molar-refractivity contribution in [3.63, 3.8) is 0 Å². The van der Waals surface area contributed by atoms with E-state index in [0.29, 0.717) is 17.2 Å². The Kier molecular flexibility index (Phi) is 2.71. The molecular formula is C11H7FN4O2S. The molecule has 1 N–H and O–H groups in total. The zero-order valence-electron chi connectivity index (χ0n) is 9.45. The van der Waals surface area contributed by atoms with Crippen LogP contribution in [0.15, 0.2) is 24.3 Å². The highest BCUT2D eigenvalue weighted by Gasteiger charge is 2.15. The van der Waals surface area contributed by atoms with Gasteiger partial charge in [0.05, 0.1) is 0 Å². The number of aromatic carboxylic acids is 1. The second-order valence-electron chi connectivity index (χ2n) is 3.83. The summed E-state index contributed by atoms with van der Waals surface area (Å²) in [5.74, 6) is -0.884. The van der Waals surface area contributed by atoms with Crippen molar-refractivity contribution < 1.29 is 14.3 Å². The van der Waals surface area contributed by atoms with Crippen LogP contribution in [0.4, 0.5) is 4.39 Å². The molecule has 0 aliphatic heterocycles. The van der Waals surface area contributed by atoms with E-state index >= 15 is 0 Å². The topological polar surface area (TPSA) is 80.4 Å². The highest BCUT2D eigenvalue weighted by atomic mass is 32.1. The molecule has 0 spiro atoms. The van der Waals surface area contributed by atoms with Crippen LogP contribution in [-0.2, 0) is 6.42 Å². The summed E-state index contributed by atoms with van der Waals surface area (Å²) in [7, 11) is 0. The molecule has 3 aromatic rings. The molecule has 2 heterocycles. The Bertz CT molecular complexity index is 750. The molecule has 0 aliphatic rings. The third-order valence-corrected chi connectivity index (χ3v) is 3.40. The van der Waals surface area contributed by atoms with Crippen LogP contribution in [0.1, 0.15) is 21.2 Å². The SMILES string of the molecule is O=C(O)c1nn2c(Cc3ccc(F)cc3)nnc2s1. The molecule has 0 amide bonds. The van der Waals surface area contributed by atoms with Crippen molar-refractivity contribution in [3.8, 4) is 0 Å². The molecule has 0 bridgehead atoms. The number of halogens is 1. The molecule has 6 nitrogen and oxygen atoms in total. The van der Waals surface area contributed by atoms with Crippen LogP contribution in [0.5, 0.6) is 0 Å². The molecule has 0 fully saturated rings. The van der Waals surface area contributed by atoms with Gasteiger partial charge in [0.2, 0.25) is 9.97 Å². The summed E-state index contributed by atoms with van der Waals surface area (Å²) in [5, 5.41) is 20.6. The molecule has 19 heavy (non-hydrogen) atoms. The van der Waals surface area contributed by atoms with Gasteiger partial charge in [-0.2, -0.15) is 4.52 Å². The van der Waals surface area contributed by atoms with E-state index in [1.165, 1.54) is 16.6 Å². The van der Waals surface area contributed by atoms with Gasteiger partial charge in [0, 0.05) is 6.42 Å². The largest absolute Gasteiger partial charge is 0.476 e. The van der Waals surface area contributed by atoms with Crippen LogP contribution in [0.25, 0.3) is 4.96 Å². The Balaban J connectivity index is 1.96. The van der Waals surface area contributed by atoms with E-state index in [1.807, 2.05) is 0 Å².